The average molecular weight is 327 g/mol. The highest BCUT2D eigenvalue weighted by Crippen LogP contribution is 2.45. The Kier molecular flexibility index (Phi) is 4.23. The number of carbonyl (C=O) groups excluding carboxylic acids is 1. The van der Waals surface area contributed by atoms with Gasteiger partial charge in [0.25, 0.3) is 0 Å². The van der Waals surface area contributed by atoms with E-state index in [0.717, 1.165) is 32.4 Å². The Morgan fingerprint density at radius 2 is 1.75 bits per heavy atom. The molecule has 24 heavy (non-hydrogen) atoms. The minimum atomic E-state index is -0.414. The molecule has 130 valence electrons. The summed E-state index contributed by atoms with van der Waals surface area (Å²) in [5.74, 6) is 0. The van der Waals surface area contributed by atoms with E-state index in [4.69, 9.17) is 4.74 Å². The minimum Gasteiger partial charge on any atom is -0.444 e. The molecule has 1 fully saturated rings. The summed E-state index contributed by atoms with van der Waals surface area (Å²) in [6, 6.07) is 6.79. The Bertz CT molecular complexity index is 655. The first-order valence-corrected chi connectivity index (χ1v) is 8.92. The highest BCUT2D eigenvalue weighted by atomic mass is 16.6. The van der Waals surface area contributed by atoms with Crippen LogP contribution in [0.5, 0.6) is 0 Å². The van der Waals surface area contributed by atoms with Gasteiger partial charge in [0.05, 0.1) is 0 Å². The normalized spacial score (nSPS) is 19.7. The van der Waals surface area contributed by atoms with Crippen molar-refractivity contribution in [3.05, 3.63) is 41.0 Å². The third kappa shape index (κ3) is 3.66. The van der Waals surface area contributed by atoms with E-state index in [0.29, 0.717) is 0 Å². The fraction of sp³-hybridized carbons (Fsp3) is 0.571. The molecule has 1 aliphatic carbocycles. The third-order valence-corrected chi connectivity index (χ3v) is 5.00. The first-order valence-electron chi connectivity index (χ1n) is 8.92. The van der Waals surface area contributed by atoms with Crippen molar-refractivity contribution in [2.24, 2.45) is 5.41 Å². The second kappa shape index (κ2) is 5.94. The third-order valence-electron chi connectivity index (χ3n) is 5.00. The molecule has 3 nitrogen and oxygen atoms in total. The molecule has 0 atom stereocenters. The van der Waals surface area contributed by atoms with Crippen molar-refractivity contribution in [2.75, 3.05) is 13.1 Å². The molecule has 3 rings (SSSR count). The smallest absolute Gasteiger partial charge is 0.410 e. The SMILES string of the molecule is Cc1cc(C)cc(C2=CCC3(CC2)CN(C(=O)OC(C)(C)C)C3)c1. The van der Waals surface area contributed by atoms with Crippen molar-refractivity contribution in [3.8, 4) is 0 Å². The van der Waals surface area contributed by atoms with E-state index >= 15 is 0 Å². The number of hydrogen-bond donors (Lipinski definition) is 0. The molecule has 0 saturated carbocycles. The maximum Gasteiger partial charge on any atom is 0.410 e. The van der Waals surface area contributed by atoms with Gasteiger partial charge in [-0.05, 0) is 65.0 Å². The Labute approximate surface area is 145 Å². The summed E-state index contributed by atoms with van der Waals surface area (Å²) in [7, 11) is 0. The summed E-state index contributed by atoms with van der Waals surface area (Å²) in [5.41, 5.74) is 5.34. The number of allylic oxidation sites excluding steroid dienone is 2. The zero-order chi connectivity index (χ0) is 17.5. The van der Waals surface area contributed by atoms with Crippen molar-refractivity contribution in [3.63, 3.8) is 0 Å². The van der Waals surface area contributed by atoms with E-state index in [9.17, 15) is 4.79 Å². The quantitative estimate of drug-likeness (QED) is 0.717. The molecule has 1 aliphatic heterocycles. The first kappa shape index (κ1) is 17.1. The van der Waals surface area contributed by atoms with E-state index in [1.807, 2.05) is 25.7 Å². The lowest BCUT2D eigenvalue weighted by molar-refractivity contribution is -0.0371. The molecular weight excluding hydrogens is 298 g/mol. The zero-order valence-corrected chi connectivity index (χ0v) is 15.6. The number of aryl methyl sites for hydroxylation is 2. The standard InChI is InChI=1S/C21H29NO2/c1-15-10-16(2)12-18(11-15)17-6-8-21(9-7-17)13-22(14-21)19(23)24-20(3,4)5/h6,10-12H,7-9,13-14H2,1-5H3. The number of carbonyl (C=O) groups is 1. The van der Waals surface area contributed by atoms with Gasteiger partial charge < -0.3 is 9.64 Å². The molecule has 1 saturated heterocycles. The lowest BCUT2D eigenvalue weighted by atomic mass is 9.69. The van der Waals surface area contributed by atoms with Gasteiger partial charge in [-0.2, -0.15) is 0 Å². The Hall–Kier alpha value is -1.77. The van der Waals surface area contributed by atoms with Crippen LogP contribution in [0.15, 0.2) is 24.3 Å². The van der Waals surface area contributed by atoms with Crippen LogP contribution in [0.3, 0.4) is 0 Å². The second-order valence-corrected chi connectivity index (χ2v) is 8.65. The molecule has 1 heterocycles. The van der Waals surface area contributed by atoms with Crippen LogP contribution in [0.4, 0.5) is 4.79 Å². The summed E-state index contributed by atoms with van der Waals surface area (Å²) in [6.45, 7) is 11.7. The highest BCUT2D eigenvalue weighted by molar-refractivity contribution is 5.71. The van der Waals surface area contributed by atoms with Crippen LogP contribution >= 0.6 is 0 Å². The van der Waals surface area contributed by atoms with E-state index in [1.54, 1.807) is 0 Å². The molecule has 3 heteroatoms. The molecule has 0 bridgehead atoms. The van der Waals surface area contributed by atoms with Crippen LogP contribution in [-0.2, 0) is 4.74 Å². The number of hydrogen-bond acceptors (Lipinski definition) is 2. The van der Waals surface area contributed by atoms with Gasteiger partial charge in [-0.25, -0.2) is 4.79 Å². The van der Waals surface area contributed by atoms with Gasteiger partial charge in [-0.1, -0.05) is 35.4 Å². The Morgan fingerprint density at radius 1 is 1.12 bits per heavy atom. The number of ether oxygens (including phenoxy) is 1. The maximum atomic E-state index is 12.1. The molecule has 1 spiro atoms. The highest BCUT2D eigenvalue weighted by Gasteiger charge is 2.46. The minimum absolute atomic E-state index is 0.169. The van der Waals surface area contributed by atoms with E-state index in [1.165, 1.54) is 22.3 Å². The molecular formula is C21H29NO2. The Morgan fingerprint density at radius 3 is 2.25 bits per heavy atom. The lowest BCUT2D eigenvalue weighted by Crippen LogP contribution is -2.59. The van der Waals surface area contributed by atoms with Gasteiger partial charge in [-0.15, -0.1) is 0 Å². The molecule has 0 N–H and O–H groups in total. The number of likely N-dealkylation sites (tertiary alicyclic amines) is 1. The summed E-state index contributed by atoms with van der Waals surface area (Å²) >= 11 is 0. The van der Waals surface area contributed by atoms with E-state index in [-0.39, 0.29) is 11.5 Å². The summed E-state index contributed by atoms with van der Waals surface area (Å²) in [4.78, 5) is 14.0. The predicted molar refractivity (Wildman–Crippen MR) is 98.0 cm³/mol. The van der Waals surface area contributed by atoms with E-state index in [2.05, 4.69) is 38.1 Å². The first-order chi connectivity index (χ1) is 11.2. The number of rotatable bonds is 1. The van der Waals surface area contributed by atoms with Crippen molar-refractivity contribution < 1.29 is 9.53 Å². The number of amides is 1. The van der Waals surface area contributed by atoms with Gasteiger partial charge in [0, 0.05) is 18.5 Å². The molecule has 0 unspecified atom stereocenters. The predicted octanol–water partition coefficient (Wildman–Crippen LogP) is 5.11. The van der Waals surface area contributed by atoms with Crippen molar-refractivity contribution in [1.82, 2.24) is 4.90 Å². The van der Waals surface area contributed by atoms with Gasteiger partial charge in [0.1, 0.15) is 5.60 Å². The molecule has 0 radical (unpaired) electrons. The Balaban J connectivity index is 1.61. The second-order valence-electron chi connectivity index (χ2n) is 8.65. The lowest BCUT2D eigenvalue weighted by Gasteiger charge is -2.51. The molecule has 1 aromatic carbocycles. The van der Waals surface area contributed by atoms with Gasteiger partial charge >= 0.3 is 6.09 Å². The van der Waals surface area contributed by atoms with Crippen LogP contribution in [0.1, 0.15) is 56.7 Å². The monoisotopic (exact) mass is 327 g/mol. The average Bonchev–Trinajstić information content (AvgIpc) is 2.42. The van der Waals surface area contributed by atoms with Crippen molar-refractivity contribution in [2.45, 2.75) is 59.5 Å². The van der Waals surface area contributed by atoms with Crippen LogP contribution in [0, 0.1) is 19.3 Å². The molecule has 1 amide bonds. The zero-order valence-electron chi connectivity index (χ0n) is 15.6. The fourth-order valence-electron chi connectivity index (χ4n) is 3.87. The fourth-order valence-corrected chi connectivity index (χ4v) is 3.87. The van der Waals surface area contributed by atoms with Crippen molar-refractivity contribution >= 4 is 11.7 Å². The van der Waals surface area contributed by atoms with Crippen LogP contribution in [0.25, 0.3) is 5.57 Å². The largest absolute Gasteiger partial charge is 0.444 e. The van der Waals surface area contributed by atoms with Crippen molar-refractivity contribution in [1.29, 1.82) is 0 Å². The van der Waals surface area contributed by atoms with Gasteiger partial charge in [-0.3, -0.25) is 0 Å². The molecule has 1 aromatic rings. The van der Waals surface area contributed by atoms with Crippen LogP contribution < -0.4 is 0 Å². The van der Waals surface area contributed by atoms with Gasteiger partial charge in [0.15, 0.2) is 0 Å². The summed E-state index contributed by atoms with van der Waals surface area (Å²) in [5, 5.41) is 0. The summed E-state index contributed by atoms with van der Waals surface area (Å²) < 4.78 is 5.46. The van der Waals surface area contributed by atoms with E-state index < -0.39 is 5.60 Å². The summed E-state index contributed by atoms with van der Waals surface area (Å²) in [6.07, 6.45) is 5.55. The molecule has 2 aliphatic rings. The van der Waals surface area contributed by atoms with Gasteiger partial charge in [0.2, 0.25) is 0 Å². The van der Waals surface area contributed by atoms with Crippen LogP contribution in [-0.4, -0.2) is 29.7 Å². The van der Waals surface area contributed by atoms with Crippen LogP contribution in [0.2, 0.25) is 0 Å². The number of benzene rings is 1. The topological polar surface area (TPSA) is 29.5 Å². The molecule has 0 aromatic heterocycles. The number of nitrogens with zero attached hydrogens (tertiary/aromatic N) is 1. The maximum absolute atomic E-state index is 12.1.